The van der Waals surface area contributed by atoms with Crippen molar-refractivity contribution in [2.45, 2.75) is 45.6 Å². The minimum absolute atomic E-state index is 0.0530. The molecular formula is C26H30N4O7S. The SMILES string of the molecule is CCOC(=O)C1CCN(C(=O)CC2=CSC3=NC(CC)=C(C(=O)OC)[C@@H](c4cccc([N+](=O)[O-])c4)N23)CC1. The van der Waals surface area contributed by atoms with Crippen LogP contribution < -0.4 is 0 Å². The monoisotopic (exact) mass is 542 g/mol. The first-order chi connectivity index (χ1) is 18.3. The van der Waals surface area contributed by atoms with Crippen LogP contribution in [0.15, 0.2) is 51.6 Å². The molecule has 1 aromatic rings. The summed E-state index contributed by atoms with van der Waals surface area (Å²) in [7, 11) is 1.28. The molecule has 0 unspecified atom stereocenters. The van der Waals surface area contributed by atoms with E-state index in [1.54, 1.807) is 28.9 Å². The summed E-state index contributed by atoms with van der Waals surface area (Å²) < 4.78 is 10.2. The number of rotatable bonds is 8. The summed E-state index contributed by atoms with van der Waals surface area (Å²) in [6.45, 7) is 4.88. The van der Waals surface area contributed by atoms with Gasteiger partial charge in [0.05, 0.1) is 48.3 Å². The van der Waals surface area contributed by atoms with E-state index in [-0.39, 0.29) is 35.5 Å². The number of piperidine rings is 1. The first kappa shape index (κ1) is 27.4. The van der Waals surface area contributed by atoms with Crippen molar-refractivity contribution >= 4 is 40.5 Å². The molecule has 202 valence electrons. The molecule has 1 amide bonds. The van der Waals surface area contributed by atoms with Crippen molar-refractivity contribution in [2.75, 3.05) is 26.8 Å². The second-order valence-corrected chi connectivity index (χ2v) is 9.87. The molecule has 0 aliphatic carbocycles. The number of benzene rings is 1. The van der Waals surface area contributed by atoms with Gasteiger partial charge in [0.15, 0.2) is 5.17 Å². The number of methoxy groups -OCH3 is 1. The fourth-order valence-corrected chi connectivity index (χ4v) is 5.87. The number of carbonyl (C=O) groups excluding carboxylic acids is 3. The van der Waals surface area contributed by atoms with Crippen LogP contribution >= 0.6 is 11.8 Å². The highest BCUT2D eigenvalue weighted by molar-refractivity contribution is 8.16. The lowest BCUT2D eigenvalue weighted by molar-refractivity contribution is -0.384. The normalized spacial score (nSPS) is 19.5. The number of non-ortho nitro benzene ring substituents is 1. The van der Waals surface area contributed by atoms with Gasteiger partial charge in [-0.1, -0.05) is 30.8 Å². The summed E-state index contributed by atoms with van der Waals surface area (Å²) >= 11 is 1.34. The van der Waals surface area contributed by atoms with Crippen molar-refractivity contribution in [1.82, 2.24) is 9.80 Å². The number of fused-ring (bicyclic) bond motifs is 1. The van der Waals surface area contributed by atoms with Crippen LogP contribution in [0, 0.1) is 16.0 Å². The highest BCUT2D eigenvalue weighted by Gasteiger charge is 2.42. The number of likely N-dealkylation sites (tertiary alicyclic amines) is 1. The van der Waals surface area contributed by atoms with Crippen LogP contribution in [0.3, 0.4) is 0 Å². The Balaban J connectivity index is 1.61. The third-order valence-electron chi connectivity index (χ3n) is 6.83. The average Bonchev–Trinajstić information content (AvgIpc) is 3.33. The van der Waals surface area contributed by atoms with Crippen LogP contribution in [0.2, 0.25) is 0 Å². The molecule has 12 heteroatoms. The van der Waals surface area contributed by atoms with E-state index >= 15 is 0 Å². The molecule has 0 N–H and O–H groups in total. The second kappa shape index (κ2) is 11.8. The number of carbonyl (C=O) groups is 3. The van der Waals surface area contributed by atoms with E-state index in [0.717, 1.165) is 0 Å². The molecule has 0 saturated carbocycles. The molecule has 1 aromatic carbocycles. The minimum Gasteiger partial charge on any atom is -0.466 e. The van der Waals surface area contributed by atoms with E-state index in [1.165, 1.54) is 31.0 Å². The molecule has 1 fully saturated rings. The van der Waals surface area contributed by atoms with Crippen LogP contribution in [0.25, 0.3) is 0 Å². The molecule has 1 atom stereocenters. The quantitative estimate of drug-likeness (QED) is 0.272. The maximum absolute atomic E-state index is 13.3. The Hall–Kier alpha value is -3.67. The van der Waals surface area contributed by atoms with E-state index in [9.17, 15) is 24.5 Å². The molecule has 0 aromatic heterocycles. The maximum Gasteiger partial charge on any atom is 0.338 e. The van der Waals surface area contributed by atoms with E-state index in [1.807, 2.05) is 12.3 Å². The molecule has 4 rings (SSSR count). The molecule has 0 radical (unpaired) electrons. The Bertz CT molecular complexity index is 1230. The van der Waals surface area contributed by atoms with E-state index < -0.39 is 16.9 Å². The van der Waals surface area contributed by atoms with Gasteiger partial charge in [-0.15, -0.1) is 0 Å². The number of thioether (sulfide) groups is 1. The molecule has 0 bridgehead atoms. The summed E-state index contributed by atoms with van der Waals surface area (Å²) in [5, 5.41) is 13.9. The zero-order valence-electron chi connectivity index (χ0n) is 21.5. The van der Waals surface area contributed by atoms with Crippen LogP contribution in [-0.4, -0.2) is 64.5 Å². The largest absolute Gasteiger partial charge is 0.466 e. The summed E-state index contributed by atoms with van der Waals surface area (Å²) in [4.78, 5) is 57.6. The lowest BCUT2D eigenvalue weighted by Gasteiger charge is -2.37. The molecule has 3 aliphatic heterocycles. The number of hydrogen-bond acceptors (Lipinski definition) is 10. The van der Waals surface area contributed by atoms with Crippen LogP contribution in [0.1, 0.15) is 51.1 Å². The average molecular weight is 543 g/mol. The van der Waals surface area contributed by atoms with Crippen molar-refractivity contribution in [2.24, 2.45) is 10.9 Å². The molecule has 1 saturated heterocycles. The Morgan fingerprint density at radius 1 is 1.21 bits per heavy atom. The summed E-state index contributed by atoms with van der Waals surface area (Å²) in [6, 6.07) is 5.38. The number of nitro benzene ring substituents is 1. The number of amides is 1. The number of allylic oxidation sites excluding steroid dienone is 1. The maximum atomic E-state index is 13.3. The zero-order chi connectivity index (χ0) is 27.4. The van der Waals surface area contributed by atoms with Crippen molar-refractivity contribution in [1.29, 1.82) is 0 Å². The smallest absolute Gasteiger partial charge is 0.338 e. The van der Waals surface area contributed by atoms with Gasteiger partial charge in [0.25, 0.3) is 5.69 Å². The molecule has 11 nitrogen and oxygen atoms in total. The van der Waals surface area contributed by atoms with Gasteiger partial charge in [-0.25, -0.2) is 9.79 Å². The Morgan fingerprint density at radius 3 is 2.58 bits per heavy atom. The standard InChI is InChI=1S/C26H30N4O7S/c1-4-20-22(25(33)36-3)23(17-7-6-8-18(13-17)30(34)35)29-19(15-38-26(29)27-20)14-21(31)28-11-9-16(10-12-28)24(32)37-5-2/h6-8,13,15-16,23H,4-5,9-12,14H2,1-3H3/t23-/m1/s1. The summed E-state index contributed by atoms with van der Waals surface area (Å²) in [5.74, 6) is -1.12. The highest BCUT2D eigenvalue weighted by Crippen LogP contribution is 2.46. The third-order valence-corrected chi connectivity index (χ3v) is 7.71. The van der Waals surface area contributed by atoms with Gasteiger partial charge in [-0.3, -0.25) is 19.7 Å². The van der Waals surface area contributed by atoms with Crippen LogP contribution in [0.4, 0.5) is 5.69 Å². The van der Waals surface area contributed by atoms with Crippen LogP contribution in [0.5, 0.6) is 0 Å². The molecule has 3 aliphatic rings. The predicted molar refractivity (Wildman–Crippen MR) is 141 cm³/mol. The molecule has 0 spiro atoms. The number of aliphatic imine (C=N–C) groups is 1. The van der Waals surface area contributed by atoms with Crippen molar-refractivity contribution in [3.63, 3.8) is 0 Å². The lowest BCUT2D eigenvalue weighted by atomic mass is 9.92. The van der Waals surface area contributed by atoms with Crippen molar-refractivity contribution in [3.05, 3.63) is 62.3 Å². The highest BCUT2D eigenvalue weighted by atomic mass is 32.2. The van der Waals surface area contributed by atoms with Gasteiger partial charge in [-0.05, 0) is 37.2 Å². The minimum atomic E-state index is -0.742. The van der Waals surface area contributed by atoms with Gasteiger partial charge in [0.2, 0.25) is 5.91 Å². The first-order valence-electron chi connectivity index (χ1n) is 12.5. The number of nitrogens with zero attached hydrogens (tertiary/aromatic N) is 4. The van der Waals surface area contributed by atoms with Crippen molar-refractivity contribution < 1.29 is 28.8 Å². The van der Waals surface area contributed by atoms with E-state index in [0.29, 0.717) is 61.1 Å². The Kier molecular flexibility index (Phi) is 8.50. The second-order valence-electron chi connectivity index (χ2n) is 9.04. The predicted octanol–water partition coefficient (Wildman–Crippen LogP) is 3.92. The van der Waals surface area contributed by atoms with E-state index in [2.05, 4.69) is 4.99 Å². The summed E-state index contributed by atoms with van der Waals surface area (Å²) in [5.41, 5.74) is 1.88. The van der Waals surface area contributed by atoms with Crippen molar-refractivity contribution in [3.8, 4) is 0 Å². The number of hydrogen-bond donors (Lipinski definition) is 0. The molecular weight excluding hydrogens is 512 g/mol. The zero-order valence-corrected chi connectivity index (χ0v) is 22.4. The van der Waals surface area contributed by atoms with Crippen LogP contribution in [-0.2, 0) is 23.9 Å². The fraction of sp³-hybridized carbons (Fsp3) is 0.462. The fourth-order valence-electron chi connectivity index (χ4n) is 4.93. The molecule has 3 heterocycles. The van der Waals surface area contributed by atoms with Gasteiger partial charge in [-0.2, -0.15) is 0 Å². The topological polar surface area (TPSA) is 132 Å². The van der Waals surface area contributed by atoms with Gasteiger partial charge < -0.3 is 19.3 Å². The molecule has 38 heavy (non-hydrogen) atoms. The Labute approximate surface area is 224 Å². The third kappa shape index (κ3) is 5.45. The Morgan fingerprint density at radius 2 is 1.95 bits per heavy atom. The van der Waals surface area contributed by atoms with Gasteiger partial charge in [0.1, 0.15) is 0 Å². The van der Waals surface area contributed by atoms with Gasteiger partial charge >= 0.3 is 11.9 Å². The number of nitro groups is 1. The number of esters is 2. The number of ether oxygens (including phenoxy) is 2. The lowest BCUT2D eigenvalue weighted by Crippen LogP contribution is -2.42. The first-order valence-corrected chi connectivity index (χ1v) is 13.4. The summed E-state index contributed by atoms with van der Waals surface area (Å²) in [6.07, 6.45) is 1.59. The number of amidine groups is 1. The van der Waals surface area contributed by atoms with Gasteiger partial charge in [0, 0.05) is 30.9 Å². The van der Waals surface area contributed by atoms with E-state index in [4.69, 9.17) is 9.47 Å².